The van der Waals surface area contributed by atoms with Gasteiger partial charge < -0.3 is 4.98 Å². The Morgan fingerprint density at radius 2 is 1.90 bits per heavy atom. The number of H-pyrrole nitrogens is 1. The van der Waals surface area contributed by atoms with Gasteiger partial charge >= 0.3 is 0 Å². The number of unbranched alkanes of at least 4 members (excludes halogenated alkanes) is 3. The molecule has 0 bridgehead atoms. The SMILES string of the molecule is CCCCCCc1ccc(-c2nc3ccccc3[nH]2)nc1. The second-order valence-corrected chi connectivity index (χ2v) is 5.46. The van der Waals surface area contributed by atoms with Crippen LogP contribution in [0, 0.1) is 0 Å². The average molecular weight is 279 g/mol. The van der Waals surface area contributed by atoms with Crippen molar-refractivity contribution in [2.75, 3.05) is 0 Å². The van der Waals surface area contributed by atoms with E-state index in [2.05, 4.69) is 34.0 Å². The topological polar surface area (TPSA) is 41.6 Å². The lowest BCUT2D eigenvalue weighted by molar-refractivity contribution is 0.666. The Hall–Kier alpha value is -2.16. The normalized spacial score (nSPS) is 11.1. The molecule has 21 heavy (non-hydrogen) atoms. The van der Waals surface area contributed by atoms with Crippen LogP contribution in [0.4, 0.5) is 0 Å². The van der Waals surface area contributed by atoms with Gasteiger partial charge in [0, 0.05) is 6.20 Å². The van der Waals surface area contributed by atoms with Crippen LogP contribution in [0.3, 0.4) is 0 Å². The molecule has 0 amide bonds. The van der Waals surface area contributed by atoms with Gasteiger partial charge in [0.15, 0.2) is 5.82 Å². The number of nitrogens with zero attached hydrogens (tertiary/aromatic N) is 2. The number of aryl methyl sites for hydroxylation is 1. The molecule has 0 aliphatic rings. The van der Waals surface area contributed by atoms with Gasteiger partial charge in [-0.3, -0.25) is 4.98 Å². The van der Waals surface area contributed by atoms with Crippen molar-refractivity contribution in [2.45, 2.75) is 39.0 Å². The van der Waals surface area contributed by atoms with Crippen LogP contribution in [0.2, 0.25) is 0 Å². The van der Waals surface area contributed by atoms with E-state index in [1.807, 2.05) is 30.5 Å². The molecule has 2 heterocycles. The van der Waals surface area contributed by atoms with Crippen LogP contribution in [0.5, 0.6) is 0 Å². The third-order valence-electron chi connectivity index (χ3n) is 3.78. The van der Waals surface area contributed by atoms with Crippen molar-refractivity contribution in [3.63, 3.8) is 0 Å². The molecule has 0 aliphatic heterocycles. The van der Waals surface area contributed by atoms with Crippen LogP contribution in [0.25, 0.3) is 22.6 Å². The van der Waals surface area contributed by atoms with Crippen molar-refractivity contribution >= 4 is 11.0 Å². The highest BCUT2D eigenvalue weighted by atomic mass is 14.9. The molecule has 3 nitrogen and oxygen atoms in total. The van der Waals surface area contributed by atoms with Gasteiger partial charge in [-0.2, -0.15) is 0 Å². The highest BCUT2D eigenvalue weighted by molar-refractivity contribution is 5.78. The van der Waals surface area contributed by atoms with E-state index in [1.165, 1.54) is 31.2 Å². The molecular weight excluding hydrogens is 258 g/mol. The second kappa shape index (κ2) is 6.53. The summed E-state index contributed by atoms with van der Waals surface area (Å²) in [6, 6.07) is 12.3. The van der Waals surface area contributed by atoms with E-state index in [-0.39, 0.29) is 0 Å². The molecule has 0 spiro atoms. The quantitative estimate of drug-likeness (QED) is 0.662. The fourth-order valence-corrected chi connectivity index (χ4v) is 2.54. The van der Waals surface area contributed by atoms with Crippen molar-refractivity contribution < 1.29 is 0 Å². The Labute approximate surface area is 125 Å². The lowest BCUT2D eigenvalue weighted by Gasteiger charge is -2.02. The molecule has 0 atom stereocenters. The van der Waals surface area contributed by atoms with Gasteiger partial charge in [-0.25, -0.2) is 4.98 Å². The number of aromatic amines is 1. The zero-order chi connectivity index (χ0) is 14.5. The first-order valence-corrected chi connectivity index (χ1v) is 7.77. The van der Waals surface area contributed by atoms with Crippen LogP contribution in [0.1, 0.15) is 38.2 Å². The number of hydrogen-bond donors (Lipinski definition) is 1. The molecule has 0 aliphatic carbocycles. The van der Waals surface area contributed by atoms with Gasteiger partial charge in [0.2, 0.25) is 0 Å². The summed E-state index contributed by atoms with van der Waals surface area (Å²) in [6.07, 6.45) is 8.26. The number of imidazole rings is 1. The number of aromatic nitrogens is 3. The second-order valence-electron chi connectivity index (χ2n) is 5.46. The third kappa shape index (κ3) is 3.30. The van der Waals surface area contributed by atoms with E-state index in [0.29, 0.717) is 0 Å². The number of rotatable bonds is 6. The lowest BCUT2D eigenvalue weighted by atomic mass is 10.1. The number of hydrogen-bond acceptors (Lipinski definition) is 2. The predicted octanol–water partition coefficient (Wildman–Crippen LogP) is 4.75. The Morgan fingerprint density at radius 1 is 1.00 bits per heavy atom. The summed E-state index contributed by atoms with van der Waals surface area (Å²) in [5.41, 5.74) is 4.25. The fraction of sp³-hybridized carbons (Fsp3) is 0.333. The van der Waals surface area contributed by atoms with Crippen molar-refractivity contribution in [3.05, 3.63) is 48.2 Å². The summed E-state index contributed by atoms with van der Waals surface area (Å²) >= 11 is 0. The van der Waals surface area contributed by atoms with Crippen molar-refractivity contribution in [1.82, 2.24) is 15.0 Å². The molecule has 2 aromatic heterocycles. The molecule has 3 rings (SSSR count). The maximum atomic E-state index is 4.58. The number of pyridine rings is 1. The first-order valence-electron chi connectivity index (χ1n) is 7.77. The van der Waals surface area contributed by atoms with Gasteiger partial charge in [0.05, 0.1) is 11.0 Å². The molecule has 0 saturated heterocycles. The fourth-order valence-electron chi connectivity index (χ4n) is 2.54. The predicted molar refractivity (Wildman–Crippen MR) is 87.2 cm³/mol. The minimum absolute atomic E-state index is 0.841. The molecule has 1 N–H and O–H groups in total. The van der Waals surface area contributed by atoms with E-state index in [0.717, 1.165) is 29.0 Å². The van der Waals surface area contributed by atoms with Crippen molar-refractivity contribution in [3.8, 4) is 11.5 Å². The van der Waals surface area contributed by atoms with E-state index in [4.69, 9.17) is 0 Å². The van der Waals surface area contributed by atoms with Gasteiger partial charge in [-0.15, -0.1) is 0 Å². The van der Waals surface area contributed by atoms with Crippen molar-refractivity contribution in [2.24, 2.45) is 0 Å². The van der Waals surface area contributed by atoms with Crippen LogP contribution < -0.4 is 0 Å². The Morgan fingerprint density at radius 3 is 2.67 bits per heavy atom. The highest BCUT2D eigenvalue weighted by Crippen LogP contribution is 2.19. The molecule has 3 heteroatoms. The van der Waals surface area contributed by atoms with E-state index in [1.54, 1.807) is 0 Å². The zero-order valence-corrected chi connectivity index (χ0v) is 12.5. The Bertz CT molecular complexity index is 665. The smallest absolute Gasteiger partial charge is 0.157 e. The summed E-state index contributed by atoms with van der Waals surface area (Å²) in [5.74, 6) is 0.841. The van der Waals surface area contributed by atoms with Gasteiger partial charge in [0.1, 0.15) is 5.69 Å². The minimum Gasteiger partial charge on any atom is -0.337 e. The maximum Gasteiger partial charge on any atom is 0.157 e. The summed E-state index contributed by atoms with van der Waals surface area (Å²) in [6.45, 7) is 2.24. The largest absolute Gasteiger partial charge is 0.337 e. The number of para-hydroxylation sites is 2. The van der Waals surface area contributed by atoms with Crippen molar-refractivity contribution in [1.29, 1.82) is 0 Å². The van der Waals surface area contributed by atoms with Crippen LogP contribution >= 0.6 is 0 Å². The number of benzene rings is 1. The molecule has 0 saturated carbocycles. The maximum absolute atomic E-state index is 4.58. The third-order valence-corrected chi connectivity index (χ3v) is 3.78. The summed E-state index contributed by atoms with van der Waals surface area (Å²) in [7, 11) is 0. The van der Waals surface area contributed by atoms with E-state index < -0.39 is 0 Å². The van der Waals surface area contributed by atoms with E-state index >= 15 is 0 Å². The molecule has 1 aromatic carbocycles. The number of nitrogens with one attached hydrogen (secondary N) is 1. The lowest BCUT2D eigenvalue weighted by Crippen LogP contribution is -1.90. The first-order chi connectivity index (χ1) is 10.4. The van der Waals surface area contributed by atoms with Crippen LogP contribution in [0.15, 0.2) is 42.6 Å². The van der Waals surface area contributed by atoms with Gasteiger partial charge in [0.25, 0.3) is 0 Å². The van der Waals surface area contributed by atoms with Crippen LogP contribution in [-0.4, -0.2) is 15.0 Å². The standard InChI is InChI=1S/C18H21N3/c1-2-3-4-5-8-14-11-12-17(19-13-14)18-20-15-9-6-7-10-16(15)21-18/h6-7,9-13H,2-5,8H2,1H3,(H,20,21). The zero-order valence-electron chi connectivity index (χ0n) is 12.5. The molecule has 0 fully saturated rings. The Balaban J connectivity index is 1.71. The summed E-state index contributed by atoms with van der Waals surface area (Å²) in [5, 5.41) is 0. The molecular formula is C18H21N3. The summed E-state index contributed by atoms with van der Waals surface area (Å²) < 4.78 is 0. The molecule has 108 valence electrons. The van der Waals surface area contributed by atoms with Gasteiger partial charge in [-0.1, -0.05) is 44.4 Å². The molecule has 3 aromatic rings. The summed E-state index contributed by atoms with van der Waals surface area (Å²) in [4.78, 5) is 12.4. The van der Waals surface area contributed by atoms with Gasteiger partial charge in [-0.05, 0) is 36.6 Å². The first kappa shape index (κ1) is 13.8. The molecule has 0 radical (unpaired) electrons. The minimum atomic E-state index is 0.841. The van der Waals surface area contributed by atoms with E-state index in [9.17, 15) is 0 Å². The molecule has 0 unspecified atom stereocenters. The van der Waals surface area contributed by atoms with Crippen LogP contribution in [-0.2, 0) is 6.42 Å². The Kier molecular flexibility index (Phi) is 4.29. The average Bonchev–Trinajstić information content (AvgIpc) is 2.96. The monoisotopic (exact) mass is 279 g/mol. The highest BCUT2D eigenvalue weighted by Gasteiger charge is 2.05. The number of fused-ring (bicyclic) bond motifs is 1.